The molecule has 1 unspecified atom stereocenters. The molecule has 0 bridgehead atoms. The van der Waals surface area contributed by atoms with Crippen molar-refractivity contribution in [2.75, 3.05) is 6.54 Å². The first-order valence-electron chi connectivity index (χ1n) is 8.78. The van der Waals surface area contributed by atoms with Crippen LogP contribution in [0.1, 0.15) is 48.4 Å². The average molecular weight is 318 g/mol. The second-order valence-corrected chi connectivity index (χ2v) is 6.95. The molecule has 1 atom stereocenters. The van der Waals surface area contributed by atoms with Gasteiger partial charge in [0.25, 0.3) is 0 Å². The lowest BCUT2D eigenvalue weighted by Crippen LogP contribution is -2.49. The maximum absolute atomic E-state index is 8.87. The highest BCUT2D eigenvalue weighted by atomic mass is 16.5. The zero-order valence-electron chi connectivity index (χ0n) is 13.8. The normalized spacial score (nSPS) is 20.5. The van der Waals surface area contributed by atoms with Gasteiger partial charge in [0.05, 0.1) is 11.6 Å². The molecule has 0 saturated heterocycles. The summed E-state index contributed by atoms with van der Waals surface area (Å²) in [4.78, 5) is 0. The number of nitrogens with zero attached hydrogens (tertiary/aromatic N) is 1. The van der Waals surface area contributed by atoms with Gasteiger partial charge in [-0.05, 0) is 56.0 Å². The highest BCUT2D eigenvalue weighted by molar-refractivity contribution is 5.39. The van der Waals surface area contributed by atoms with Crippen molar-refractivity contribution in [1.82, 2.24) is 5.32 Å². The first-order chi connectivity index (χ1) is 11.8. The van der Waals surface area contributed by atoms with E-state index in [1.807, 2.05) is 24.3 Å². The van der Waals surface area contributed by atoms with Crippen molar-refractivity contribution in [2.45, 2.75) is 43.7 Å². The number of hydrogen-bond donors (Lipinski definition) is 1. The van der Waals surface area contributed by atoms with E-state index >= 15 is 0 Å². The molecule has 1 N–H and O–H groups in total. The van der Waals surface area contributed by atoms with Crippen LogP contribution in [0.25, 0.3) is 0 Å². The number of ether oxygens (including phenoxy) is 1. The van der Waals surface area contributed by atoms with Gasteiger partial charge in [-0.1, -0.05) is 30.3 Å². The fraction of sp³-hybridized carbons (Fsp3) is 0.381. The van der Waals surface area contributed by atoms with Crippen molar-refractivity contribution >= 4 is 0 Å². The van der Waals surface area contributed by atoms with Crippen LogP contribution in [-0.4, -0.2) is 12.1 Å². The van der Waals surface area contributed by atoms with E-state index in [9.17, 15) is 0 Å². The van der Waals surface area contributed by atoms with Crippen molar-refractivity contribution < 1.29 is 4.74 Å². The number of nitriles is 1. The van der Waals surface area contributed by atoms with Crippen molar-refractivity contribution in [3.05, 3.63) is 65.2 Å². The molecule has 2 aromatic carbocycles. The molecule has 24 heavy (non-hydrogen) atoms. The Hall–Kier alpha value is -2.31. The highest BCUT2D eigenvalue weighted by Crippen LogP contribution is 2.48. The Labute approximate surface area is 143 Å². The summed E-state index contributed by atoms with van der Waals surface area (Å²) in [5.74, 6) is 1.05. The van der Waals surface area contributed by atoms with Gasteiger partial charge in [-0.15, -0.1) is 0 Å². The first-order valence-corrected chi connectivity index (χ1v) is 8.78. The third-order valence-corrected chi connectivity index (χ3v) is 5.35. The van der Waals surface area contributed by atoms with E-state index in [0.717, 1.165) is 30.7 Å². The Morgan fingerprint density at radius 2 is 1.92 bits per heavy atom. The molecule has 3 heteroatoms. The number of nitrogens with one attached hydrogen (secondary N) is 1. The summed E-state index contributed by atoms with van der Waals surface area (Å²) in [6, 6.07) is 18.8. The van der Waals surface area contributed by atoms with E-state index in [1.165, 1.54) is 30.4 Å². The summed E-state index contributed by atoms with van der Waals surface area (Å²) in [7, 11) is 0. The molecule has 0 aromatic heterocycles. The summed E-state index contributed by atoms with van der Waals surface area (Å²) in [6.07, 6.45) is 5.67. The van der Waals surface area contributed by atoms with Crippen LogP contribution in [0.3, 0.4) is 0 Å². The molecular weight excluding hydrogens is 296 g/mol. The lowest BCUT2D eigenvalue weighted by molar-refractivity contribution is -0.0368. The molecule has 0 amide bonds. The number of para-hydroxylation sites is 1. The second-order valence-electron chi connectivity index (χ2n) is 6.95. The number of fused-ring (bicyclic) bond motifs is 1. The maximum atomic E-state index is 8.87. The molecule has 1 spiro atoms. The summed E-state index contributed by atoms with van der Waals surface area (Å²) < 4.78 is 6.31. The van der Waals surface area contributed by atoms with Gasteiger partial charge in [0.15, 0.2) is 0 Å². The lowest BCUT2D eigenvalue weighted by Gasteiger charge is -2.48. The van der Waals surface area contributed by atoms with E-state index in [-0.39, 0.29) is 5.60 Å². The topological polar surface area (TPSA) is 45.0 Å². The molecule has 1 fully saturated rings. The van der Waals surface area contributed by atoms with E-state index in [1.54, 1.807) is 0 Å². The third kappa shape index (κ3) is 2.90. The van der Waals surface area contributed by atoms with Crippen LogP contribution in [0.5, 0.6) is 5.75 Å². The molecule has 1 saturated carbocycles. The zero-order chi connectivity index (χ0) is 16.4. The summed E-state index contributed by atoms with van der Waals surface area (Å²) >= 11 is 0. The van der Waals surface area contributed by atoms with Gasteiger partial charge >= 0.3 is 0 Å². The smallest absolute Gasteiger partial charge is 0.124 e. The summed E-state index contributed by atoms with van der Waals surface area (Å²) in [5.41, 5.74) is 3.34. The fourth-order valence-corrected chi connectivity index (χ4v) is 3.81. The van der Waals surface area contributed by atoms with Gasteiger partial charge in [-0.3, -0.25) is 0 Å². The van der Waals surface area contributed by atoms with Crippen LogP contribution in [0.2, 0.25) is 0 Å². The van der Waals surface area contributed by atoms with Crippen molar-refractivity contribution in [3.63, 3.8) is 0 Å². The molecule has 1 heterocycles. The SMILES string of the molecule is N#Cc1ccc(CCNC2CC3(CCC3)Oc3ccccc32)cc1. The van der Waals surface area contributed by atoms with Crippen LogP contribution in [0.15, 0.2) is 48.5 Å². The minimum absolute atomic E-state index is 0.0699. The van der Waals surface area contributed by atoms with E-state index in [2.05, 4.69) is 35.7 Å². The van der Waals surface area contributed by atoms with E-state index in [0.29, 0.717) is 6.04 Å². The maximum Gasteiger partial charge on any atom is 0.124 e. The number of hydrogen-bond acceptors (Lipinski definition) is 3. The quantitative estimate of drug-likeness (QED) is 0.921. The minimum Gasteiger partial charge on any atom is -0.487 e. The summed E-state index contributed by atoms with van der Waals surface area (Å²) in [6.45, 7) is 0.932. The van der Waals surface area contributed by atoms with Gasteiger partial charge in [0, 0.05) is 18.0 Å². The van der Waals surface area contributed by atoms with Gasteiger partial charge in [0.2, 0.25) is 0 Å². The van der Waals surface area contributed by atoms with Gasteiger partial charge < -0.3 is 10.1 Å². The second kappa shape index (κ2) is 6.30. The highest BCUT2D eigenvalue weighted by Gasteiger charge is 2.45. The van der Waals surface area contributed by atoms with Crippen molar-refractivity contribution in [3.8, 4) is 11.8 Å². The predicted molar refractivity (Wildman–Crippen MR) is 93.9 cm³/mol. The van der Waals surface area contributed by atoms with Gasteiger partial charge in [0.1, 0.15) is 11.4 Å². The van der Waals surface area contributed by atoms with Crippen molar-refractivity contribution in [1.29, 1.82) is 5.26 Å². The largest absolute Gasteiger partial charge is 0.487 e. The molecular formula is C21H22N2O. The monoisotopic (exact) mass is 318 g/mol. The van der Waals surface area contributed by atoms with E-state index in [4.69, 9.17) is 10.00 Å². The molecule has 1 aliphatic carbocycles. The summed E-state index contributed by atoms with van der Waals surface area (Å²) in [5, 5.41) is 12.6. The minimum atomic E-state index is 0.0699. The van der Waals surface area contributed by atoms with E-state index < -0.39 is 0 Å². The zero-order valence-corrected chi connectivity index (χ0v) is 13.8. The molecule has 122 valence electrons. The Balaban J connectivity index is 1.42. The van der Waals surface area contributed by atoms with Crippen LogP contribution in [0.4, 0.5) is 0 Å². The van der Waals surface area contributed by atoms with Gasteiger partial charge in [-0.25, -0.2) is 0 Å². The van der Waals surface area contributed by atoms with Gasteiger partial charge in [-0.2, -0.15) is 5.26 Å². The molecule has 1 aliphatic heterocycles. The fourth-order valence-electron chi connectivity index (χ4n) is 3.81. The Kier molecular flexibility index (Phi) is 4.00. The Bertz CT molecular complexity index is 756. The average Bonchev–Trinajstić information content (AvgIpc) is 2.61. The Morgan fingerprint density at radius 1 is 1.12 bits per heavy atom. The van der Waals surface area contributed by atoms with Crippen LogP contribution < -0.4 is 10.1 Å². The predicted octanol–water partition coefficient (Wildman–Crippen LogP) is 4.14. The molecule has 2 aliphatic rings. The number of benzene rings is 2. The van der Waals surface area contributed by atoms with Crippen LogP contribution in [0, 0.1) is 11.3 Å². The number of rotatable bonds is 4. The Morgan fingerprint density at radius 3 is 2.62 bits per heavy atom. The lowest BCUT2D eigenvalue weighted by atomic mass is 9.73. The molecule has 0 radical (unpaired) electrons. The molecule has 2 aromatic rings. The van der Waals surface area contributed by atoms with Crippen molar-refractivity contribution in [2.24, 2.45) is 0 Å². The van der Waals surface area contributed by atoms with Crippen LogP contribution >= 0.6 is 0 Å². The molecule has 4 rings (SSSR count). The standard InChI is InChI=1S/C21H22N2O/c22-15-17-8-6-16(7-9-17)10-13-23-19-14-21(11-3-12-21)24-20-5-2-1-4-18(19)20/h1-2,4-9,19,23H,3,10-14H2. The third-order valence-electron chi connectivity index (χ3n) is 5.35. The molecule has 3 nitrogen and oxygen atoms in total. The first kappa shape index (κ1) is 15.2. The van der Waals surface area contributed by atoms with Crippen LogP contribution in [-0.2, 0) is 6.42 Å².